The Bertz CT molecular complexity index is 1300. The van der Waals surface area contributed by atoms with Crippen molar-refractivity contribution in [3.63, 3.8) is 0 Å². The molecule has 3 aromatic rings. The van der Waals surface area contributed by atoms with Gasteiger partial charge in [-0.2, -0.15) is 0 Å². The van der Waals surface area contributed by atoms with Gasteiger partial charge in [0.05, 0.1) is 11.2 Å². The molecular formula is C22H16ClN3O4. The highest BCUT2D eigenvalue weighted by atomic mass is 35.5. The topological polar surface area (TPSA) is 100 Å². The van der Waals surface area contributed by atoms with Crippen molar-refractivity contribution in [2.45, 2.75) is 13.1 Å². The van der Waals surface area contributed by atoms with E-state index in [1.54, 1.807) is 41.0 Å². The quantitative estimate of drug-likeness (QED) is 0.562. The van der Waals surface area contributed by atoms with Crippen LogP contribution in [0.1, 0.15) is 21.5 Å². The van der Waals surface area contributed by atoms with E-state index in [1.807, 2.05) is 0 Å². The van der Waals surface area contributed by atoms with Gasteiger partial charge in [0.15, 0.2) is 0 Å². The fraction of sp³-hybridized carbons (Fsp3) is 0.136. The summed E-state index contributed by atoms with van der Waals surface area (Å²) in [5, 5.41) is 15.3. The zero-order chi connectivity index (χ0) is 21.3. The number of benzene rings is 2. The second-order valence-electron chi connectivity index (χ2n) is 6.74. The monoisotopic (exact) mass is 421 g/mol. The van der Waals surface area contributed by atoms with Crippen LogP contribution >= 0.6 is 11.6 Å². The third-order valence-corrected chi connectivity index (χ3v) is 4.93. The lowest BCUT2D eigenvalue weighted by Gasteiger charge is -2.21. The number of aliphatic hydroxyl groups excluding tert-OH is 1. The summed E-state index contributed by atoms with van der Waals surface area (Å²) in [5.74, 6) is 4.44. The molecule has 0 radical (unpaired) electrons. The summed E-state index contributed by atoms with van der Waals surface area (Å²) in [6.45, 7) is -0.124. The number of hydrogen-bond donors (Lipinski definition) is 3. The Balaban J connectivity index is 1.76. The molecule has 0 aliphatic carbocycles. The average molecular weight is 422 g/mol. The van der Waals surface area contributed by atoms with Crippen LogP contribution in [0.3, 0.4) is 0 Å². The van der Waals surface area contributed by atoms with E-state index in [4.69, 9.17) is 16.7 Å². The number of amides is 2. The Morgan fingerprint density at radius 1 is 1.23 bits per heavy atom. The summed E-state index contributed by atoms with van der Waals surface area (Å²) in [4.78, 5) is 37.9. The number of carbonyl (C=O) groups excluding carboxylic acids is 2. The Kier molecular flexibility index (Phi) is 5.27. The van der Waals surface area contributed by atoms with Gasteiger partial charge in [0.1, 0.15) is 18.7 Å². The lowest BCUT2D eigenvalue weighted by Crippen LogP contribution is -2.32. The molecule has 0 unspecified atom stereocenters. The standard InChI is InChI=1S/C22H16ClN3O4/c23-15-5-3-13(4-6-15)10-24-22(30)17-11-26-12-19(28)25-18-9-14(2-1-7-27)8-16(20(18)26)21(17)29/h3-6,8-9,11,27H,7,10,12H2,(H,24,30)(H,25,28). The Hall–Kier alpha value is -3.60. The van der Waals surface area contributed by atoms with Crippen molar-refractivity contribution in [1.29, 1.82) is 0 Å². The Morgan fingerprint density at radius 3 is 2.73 bits per heavy atom. The predicted molar refractivity (Wildman–Crippen MR) is 113 cm³/mol. The number of nitrogens with zero attached hydrogens (tertiary/aromatic N) is 1. The second kappa shape index (κ2) is 8.03. The normalized spacial score (nSPS) is 12.1. The smallest absolute Gasteiger partial charge is 0.257 e. The van der Waals surface area contributed by atoms with E-state index in [2.05, 4.69) is 22.5 Å². The lowest BCUT2D eigenvalue weighted by molar-refractivity contribution is -0.116. The lowest BCUT2D eigenvalue weighted by atomic mass is 10.0. The van der Waals surface area contributed by atoms with Gasteiger partial charge in [-0.05, 0) is 29.8 Å². The molecule has 2 amide bonds. The summed E-state index contributed by atoms with van der Waals surface area (Å²) in [5.41, 5.74) is 1.73. The first-order valence-electron chi connectivity index (χ1n) is 9.09. The summed E-state index contributed by atoms with van der Waals surface area (Å²) < 4.78 is 1.59. The molecule has 1 aliphatic heterocycles. The van der Waals surface area contributed by atoms with Crippen molar-refractivity contribution < 1.29 is 14.7 Å². The van der Waals surface area contributed by atoms with Gasteiger partial charge in [-0.25, -0.2) is 0 Å². The summed E-state index contributed by atoms with van der Waals surface area (Å²) in [6.07, 6.45) is 1.41. The minimum Gasteiger partial charge on any atom is -0.384 e. The van der Waals surface area contributed by atoms with E-state index in [1.165, 1.54) is 6.20 Å². The number of aliphatic hydroxyl groups is 1. The number of carbonyl (C=O) groups is 2. The fourth-order valence-electron chi connectivity index (χ4n) is 3.36. The zero-order valence-electron chi connectivity index (χ0n) is 15.7. The second-order valence-corrected chi connectivity index (χ2v) is 7.17. The molecular weight excluding hydrogens is 406 g/mol. The average Bonchev–Trinajstić information content (AvgIpc) is 2.73. The first-order valence-corrected chi connectivity index (χ1v) is 9.47. The van der Waals surface area contributed by atoms with Crippen LogP contribution in [-0.4, -0.2) is 28.1 Å². The number of hydrogen-bond acceptors (Lipinski definition) is 4. The molecule has 3 N–H and O–H groups in total. The number of nitrogens with one attached hydrogen (secondary N) is 2. The Morgan fingerprint density at radius 2 is 2.00 bits per heavy atom. The summed E-state index contributed by atoms with van der Waals surface area (Å²) in [7, 11) is 0. The van der Waals surface area contributed by atoms with Gasteiger partial charge in [-0.15, -0.1) is 0 Å². The van der Waals surface area contributed by atoms with Crippen LogP contribution in [0.4, 0.5) is 5.69 Å². The molecule has 0 saturated carbocycles. The maximum absolute atomic E-state index is 13.1. The molecule has 0 saturated heterocycles. The number of halogens is 1. The van der Waals surface area contributed by atoms with Gasteiger partial charge in [0, 0.05) is 28.7 Å². The van der Waals surface area contributed by atoms with Crippen LogP contribution in [0.2, 0.25) is 5.02 Å². The SMILES string of the molecule is O=C1Cn2cc(C(=O)NCc3ccc(Cl)cc3)c(=O)c3cc(C#CCO)cc(c32)N1. The molecule has 1 aliphatic rings. The Labute approximate surface area is 176 Å². The van der Waals surface area contributed by atoms with E-state index in [0.29, 0.717) is 21.8 Å². The molecule has 0 atom stereocenters. The maximum Gasteiger partial charge on any atom is 0.257 e. The highest BCUT2D eigenvalue weighted by molar-refractivity contribution is 6.30. The van der Waals surface area contributed by atoms with Crippen LogP contribution in [0, 0.1) is 11.8 Å². The highest BCUT2D eigenvalue weighted by Gasteiger charge is 2.23. The molecule has 2 heterocycles. The van der Waals surface area contributed by atoms with Crippen LogP contribution in [-0.2, 0) is 17.9 Å². The third kappa shape index (κ3) is 3.79. The van der Waals surface area contributed by atoms with E-state index < -0.39 is 11.3 Å². The van der Waals surface area contributed by atoms with E-state index >= 15 is 0 Å². The molecule has 2 aromatic carbocycles. The summed E-state index contributed by atoms with van der Waals surface area (Å²) in [6, 6.07) is 10.2. The first kappa shape index (κ1) is 19.7. The van der Waals surface area contributed by atoms with Gasteiger partial charge in [0.2, 0.25) is 11.3 Å². The molecule has 8 heteroatoms. The van der Waals surface area contributed by atoms with Gasteiger partial charge < -0.3 is 20.3 Å². The molecule has 7 nitrogen and oxygen atoms in total. The molecule has 0 fully saturated rings. The van der Waals surface area contributed by atoms with Crippen LogP contribution in [0.5, 0.6) is 0 Å². The van der Waals surface area contributed by atoms with Crippen LogP contribution < -0.4 is 16.1 Å². The number of pyridine rings is 1. The molecule has 150 valence electrons. The van der Waals surface area contributed by atoms with Crippen molar-refractivity contribution in [3.05, 3.63) is 74.5 Å². The van der Waals surface area contributed by atoms with Gasteiger partial charge in [-0.1, -0.05) is 35.6 Å². The van der Waals surface area contributed by atoms with Crippen LogP contribution in [0.25, 0.3) is 10.9 Å². The highest BCUT2D eigenvalue weighted by Crippen LogP contribution is 2.27. The van der Waals surface area contributed by atoms with E-state index in [9.17, 15) is 14.4 Å². The molecule has 1 aromatic heterocycles. The maximum atomic E-state index is 13.1. The number of anilines is 1. The molecule has 4 rings (SSSR count). The van der Waals surface area contributed by atoms with Crippen molar-refractivity contribution in [2.75, 3.05) is 11.9 Å². The number of rotatable bonds is 3. The van der Waals surface area contributed by atoms with Crippen molar-refractivity contribution in [1.82, 2.24) is 9.88 Å². The number of aromatic nitrogens is 1. The molecule has 30 heavy (non-hydrogen) atoms. The van der Waals surface area contributed by atoms with Gasteiger partial charge >= 0.3 is 0 Å². The van der Waals surface area contributed by atoms with Crippen molar-refractivity contribution >= 4 is 40.0 Å². The van der Waals surface area contributed by atoms with Gasteiger partial charge in [-0.3, -0.25) is 14.4 Å². The fourth-order valence-corrected chi connectivity index (χ4v) is 3.49. The van der Waals surface area contributed by atoms with E-state index in [0.717, 1.165) is 5.56 Å². The minimum absolute atomic E-state index is 0.0110. The van der Waals surface area contributed by atoms with Gasteiger partial charge in [0.25, 0.3) is 5.91 Å². The minimum atomic E-state index is -0.542. The van der Waals surface area contributed by atoms with E-state index in [-0.39, 0.29) is 36.6 Å². The summed E-state index contributed by atoms with van der Waals surface area (Å²) >= 11 is 5.87. The zero-order valence-corrected chi connectivity index (χ0v) is 16.4. The molecule has 0 spiro atoms. The molecule has 0 bridgehead atoms. The van der Waals surface area contributed by atoms with Crippen LogP contribution in [0.15, 0.2) is 47.4 Å². The predicted octanol–water partition coefficient (Wildman–Crippen LogP) is 1.88. The first-order chi connectivity index (χ1) is 14.5. The largest absolute Gasteiger partial charge is 0.384 e. The van der Waals surface area contributed by atoms with Crippen molar-refractivity contribution in [2.24, 2.45) is 0 Å². The third-order valence-electron chi connectivity index (χ3n) is 4.68. The van der Waals surface area contributed by atoms with Crippen molar-refractivity contribution in [3.8, 4) is 11.8 Å².